The molecule has 0 spiro atoms. The number of halogens is 1. The highest BCUT2D eigenvalue weighted by atomic mass is 35.5. The van der Waals surface area contributed by atoms with Crippen LogP contribution in [0.4, 0.5) is 17.5 Å². The number of hydrogen-bond donors (Lipinski definition) is 2. The van der Waals surface area contributed by atoms with Crippen molar-refractivity contribution >= 4 is 40.1 Å². The molecule has 7 nitrogen and oxygen atoms in total. The molecule has 26 heavy (non-hydrogen) atoms. The molecule has 1 aromatic carbocycles. The lowest BCUT2D eigenvalue weighted by atomic mass is 10.2. The first-order valence-electron chi connectivity index (χ1n) is 8.09. The van der Waals surface area contributed by atoms with E-state index in [4.69, 9.17) is 16.0 Å². The van der Waals surface area contributed by atoms with Crippen LogP contribution in [0.5, 0.6) is 0 Å². The third kappa shape index (κ3) is 3.21. The summed E-state index contributed by atoms with van der Waals surface area (Å²) in [6.07, 6.45) is 3.38. The molecule has 0 aliphatic heterocycles. The number of aryl methyl sites for hydroxylation is 2. The number of benzene rings is 1. The van der Waals surface area contributed by atoms with Crippen molar-refractivity contribution < 1.29 is 4.42 Å². The van der Waals surface area contributed by atoms with E-state index in [2.05, 4.69) is 25.7 Å². The molecule has 0 unspecified atom stereocenters. The van der Waals surface area contributed by atoms with E-state index < -0.39 is 0 Å². The third-order valence-electron chi connectivity index (χ3n) is 4.03. The molecule has 0 aliphatic rings. The largest absolute Gasteiger partial charge is 0.467 e. The van der Waals surface area contributed by atoms with Gasteiger partial charge in [-0.05, 0) is 36.8 Å². The van der Waals surface area contributed by atoms with Crippen LogP contribution in [0, 0.1) is 6.92 Å². The lowest BCUT2D eigenvalue weighted by molar-refractivity contribution is 0.517. The molecule has 8 heteroatoms. The minimum Gasteiger partial charge on any atom is -0.467 e. The van der Waals surface area contributed by atoms with E-state index in [-0.39, 0.29) is 0 Å². The van der Waals surface area contributed by atoms with Gasteiger partial charge >= 0.3 is 0 Å². The average Bonchev–Trinajstić information content (AvgIpc) is 3.27. The Labute approximate surface area is 155 Å². The summed E-state index contributed by atoms with van der Waals surface area (Å²) in [5.74, 6) is 1.95. The first-order valence-corrected chi connectivity index (χ1v) is 8.47. The van der Waals surface area contributed by atoms with Gasteiger partial charge in [-0.25, -0.2) is 0 Å². The first-order chi connectivity index (χ1) is 12.6. The second-order valence-electron chi connectivity index (χ2n) is 5.92. The van der Waals surface area contributed by atoms with Crippen LogP contribution >= 0.6 is 11.6 Å². The second-order valence-corrected chi connectivity index (χ2v) is 6.33. The van der Waals surface area contributed by atoms with Crippen molar-refractivity contribution in [2.24, 2.45) is 7.05 Å². The fourth-order valence-corrected chi connectivity index (χ4v) is 2.76. The predicted molar refractivity (Wildman–Crippen MR) is 102 cm³/mol. The fraction of sp³-hybridized carbons (Fsp3) is 0.167. The molecular weight excluding hydrogens is 352 g/mol. The van der Waals surface area contributed by atoms with Gasteiger partial charge in [0.2, 0.25) is 5.95 Å². The van der Waals surface area contributed by atoms with Gasteiger partial charge in [0, 0.05) is 17.8 Å². The third-order valence-corrected chi connectivity index (χ3v) is 4.43. The summed E-state index contributed by atoms with van der Waals surface area (Å²) in [5.41, 5.74) is 2.59. The van der Waals surface area contributed by atoms with Gasteiger partial charge < -0.3 is 15.1 Å². The maximum atomic E-state index is 6.23. The van der Waals surface area contributed by atoms with Crippen LogP contribution in [-0.2, 0) is 13.6 Å². The molecule has 3 aromatic heterocycles. The zero-order valence-electron chi connectivity index (χ0n) is 14.3. The summed E-state index contributed by atoms with van der Waals surface area (Å²) >= 11 is 6.23. The summed E-state index contributed by atoms with van der Waals surface area (Å²) in [7, 11) is 1.85. The Morgan fingerprint density at radius 1 is 1.23 bits per heavy atom. The maximum absolute atomic E-state index is 6.23. The Bertz CT molecular complexity index is 1060. The molecular formula is C18H17ClN6O. The lowest BCUT2D eigenvalue weighted by Crippen LogP contribution is -2.06. The van der Waals surface area contributed by atoms with Crippen molar-refractivity contribution in [2.75, 3.05) is 10.6 Å². The van der Waals surface area contributed by atoms with Crippen LogP contribution in [0.2, 0.25) is 5.02 Å². The summed E-state index contributed by atoms with van der Waals surface area (Å²) < 4.78 is 7.05. The van der Waals surface area contributed by atoms with Gasteiger partial charge in [0.05, 0.1) is 24.4 Å². The fourth-order valence-electron chi connectivity index (χ4n) is 2.58. The van der Waals surface area contributed by atoms with E-state index in [0.29, 0.717) is 23.3 Å². The van der Waals surface area contributed by atoms with Crippen molar-refractivity contribution in [1.82, 2.24) is 19.7 Å². The molecule has 0 radical (unpaired) electrons. The molecule has 4 rings (SSSR count). The Hall–Kier alpha value is -3.06. The minimum absolute atomic E-state index is 0.484. The van der Waals surface area contributed by atoms with Gasteiger partial charge in [0.25, 0.3) is 0 Å². The summed E-state index contributed by atoms with van der Waals surface area (Å²) in [6, 6.07) is 9.53. The van der Waals surface area contributed by atoms with Crippen molar-refractivity contribution in [1.29, 1.82) is 0 Å². The van der Waals surface area contributed by atoms with Crippen LogP contribution in [0.25, 0.3) is 11.0 Å². The normalized spacial score (nSPS) is 11.0. The second kappa shape index (κ2) is 6.68. The van der Waals surface area contributed by atoms with Crippen molar-refractivity contribution in [3.8, 4) is 0 Å². The predicted octanol–water partition coefficient (Wildman–Crippen LogP) is 4.27. The van der Waals surface area contributed by atoms with E-state index in [0.717, 1.165) is 28.0 Å². The Morgan fingerprint density at radius 2 is 2.12 bits per heavy atom. The molecule has 0 amide bonds. The van der Waals surface area contributed by atoms with Crippen LogP contribution in [0.3, 0.4) is 0 Å². The van der Waals surface area contributed by atoms with Crippen LogP contribution in [0.15, 0.2) is 47.2 Å². The molecule has 0 saturated heterocycles. The zero-order chi connectivity index (χ0) is 18.1. The summed E-state index contributed by atoms with van der Waals surface area (Å²) in [6.45, 7) is 2.46. The van der Waals surface area contributed by atoms with E-state index in [1.165, 1.54) is 0 Å². The van der Waals surface area contributed by atoms with Gasteiger partial charge in [0.1, 0.15) is 11.6 Å². The monoisotopic (exact) mass is 368 g/mol. The smallest absolute Gasteiger partial charge is 0.227 e. The standard InChI is InChI=1S/C18H17ClN6O/c1-11-5-6-12(8-15(11)19)22-16-14-10-21-25(2)17(14)24-18(23-16)20-9-13-4-3-7-26-13/h3-8,10H,9H2,1-2H3,(H2,20,22,23,24). The van der Waals surface area contributed by atoms with Crippen LogP contribution < -0.4 is 10.6 Å². The average molecular weight is 369 g/mol. The molecule has 132 valence electrons. The first kappa shape index (κ1) is 16.4. The Kier molecular flexibility index (Phi) is 4.22. The number of nitrogens with zero attached hydrogens (tertiary/aromatic N) is 4. The molecule has 3 heterocycles. The topological polar surface area (TPSA) is 80.8 Å². The van der Waals surface area contributed by atoms with Gasteiger partial charge in [-0.2, -0.15) is 15.1 Å². The van der Waals surface area contributed by atoms with Crippen molar-refractivity contribution in [2.45, 2.75) is 13.5 Å². The number of anilines is 3. The Morgan fingerprint density at radius 3 is 2.88 bits per heavy atom. The molecule has 0 bridgehead atoms. The van der Waals surface area contributed by atoms with Crippen molar-refractivity contribution in [3.05, 3.63) is 59.1 Å². The molecule has 2 N–H and O–H groups in total. The quantitative estimate of drug-likeness (QED) is 0.547. The highest BCUT2D eigenvalue weighted by Gasteiger charge is 2.12. The number of rotatable bonds is 5. The molecule has 0 saturated carbocycles. The molecule has 0 atom stereocenters. The lowest BCUT2D eigenvalue weighted by Gasteiger charge is -2.11. The van der Waals surface area contributed by atoms with E-state index in [1.54, 1.807) is 17.1 Å². The van der Waals surface area contributed by atoms with E-state index >= 15 is 0 Å². The minimum atomic E-state index is 0.484. The van der Waals surface area contributed by atoms with E-state index in [9.17, 15) is 0 Å². The Balaban J connectivity index is 1.68. The van der Waals surface area contributed by atoms with E-state index in [1.807, 2.05) is 44.3 Å². The summed E-state index contributed by atoms with van der Waals surface area (Å²) in [4.78, 5) is 9.13. The molecule has 0 aliphatic carbocycles. The van der Waals surface area contributed by atoms with Gasteiger partial charge in [-0.3, -0.25) is 4.68 Å². The number of nitrogens with one attached hydrogen (secondary N) is 2. The van der Waals surface area contributed by atoms with Crippen LogP contribution in [0.1, 0.15) is 11.3 Å². The zero-order valence-corrected chi connectivity index (χ0v) is 15.1. The molecule has 0 fully saturated rings. The summed E-state index contributed by atoms with van der Waals surface area (Å²) in [5, 5.41) is 12.3. The molecule has 4 aromatic rings. The van der Waals surface area contributed by atoms with Gasteiger partial charge in [0.15, 0.2) is 5.65 Å². The highest BCUT2D eigenvalue weighted by molar-refractivity contribution is 6.31. The van der Waals surface area contributed by atoms with Gasteiger partial charge in [-0.15, -0.1) is 0 Å². The number of fused-ring (bicyclic) bond motifs is 1. The number of hydrogen-bond acceptors (Lipinski definition) is 6. The van der Waals surface area contributed by atoms with Gasteiger partial charge in [-0.1, -0.05) is 17.7 Å². The SMILES string of the molecule is Cc1ccc(Nc2nc(NCc3ccco3)nc3c2cnn3C)cc1Cl. The number of furan rings is 1. The maximum Gasteiger partial charge on any atom is 0.227 e. The van der Waals surface area contributed by atoms with Crippen LogP contribution in [-0.4, -0.2) is 19.7 Å². The highest BCUT2D eigenvalue weighted by Crippen LogP contribution is 2.27. The number of aromatic nitrogens is 4. The van der Waals surface area contributed by atoms with Crippen molar-refractivity contribution in [3.63, 3.8) is 0 Å².